The summed E-state index contributed by atoms with van der Waals surface area (Å²) >= 11 is 0. The zero-order valence-electron chi connectivity index (χ0n) is 15.1. The standard InChI is InChI=1S/C17H22N2O7/c1-10-5-6-14(12(7-10)19(23)24)25-11-8-13(15(20)21)18(9-11)16(22)26-17(2,3)4/h5-7,11,13H,8-9H2,1-4H3,(H,20,21)/t11-,13-/m0/s1. The van der Waals surface area contributed by atoms with Crippen molar-refractivity contribution in [1.82, 2.24) is 4.90 Å². The number of ether oxygens (including phenoxy) is 2. The van der Waals surface area contributed by atoms with Gasteiger partial charge in [-0.15, -0.1) is 0 Å². The first-order chi connectivity index (χ1) is 12.0. The average Bonchev–Trinajstić information content (AvgIpc) is 2.91. The third-order valence-electron chi connectivity index (χ3n) is 3.78. The first kappa shape index (κ1) is 19.5. The van der Waals surface area contributed by atoms with E-state index >= 15 is 0 Å². The van der Waals surface area contributed by atoms with Crippen molar-refractivity contribution in [1.29, 1.82) is 0 Å². The van der Waals surface area contributed by atoms with Crippen molar-refractivity contribution in [2.24, 2.45) is 0 Å². The maximum Gasteiger partial charge on any atom is 0.411 e. The van der Waals surface area contributed by atoms with Gasteiger partial charge in [0.05, 0.1) is 11.5 Å². The molecule has 0 aliphatic carbocycles. The largest absolute Gasteiger partial charge is 0.482 e. The number of benzene rings is 1. The van der Waals surface area contributed by atoms with Crippen molar-refractivity contribution in [2.45, 2.75) is 51.9 Å². The Bertz CT molecular complexity index is 726. The molecule has 0 saturated carbocycles. The number of carboxylic acids is 1. The molecule has 1 aliphatic heterocycles. The second-order valence-corrected chi connectivity index (χ2v) is 7.19. The summed E-state index contributed by atoms with van der Waals surface area (Å²) in [6.45, 7) is 6.73. The highest BCUT2D eigenvalue weighted by Gasteiger charge is 2.43. The lowest BCUT2D eigenvalue weighted by molar-refractivity contribution is -0.386. The number of amides is 1. The Balaban J connectivity index is 2.19. The molecule has 2 atom stereocenters. The van der Waals surface area contributed by atoms with E-state index in [0.717, 1.165) is 4.90 Å². The quantitative estimate of drug-likeness (QED) is 0.642. The van der Waals surface area contributed by atoms with Crippen molar-refractivity contribution >= 4 is 17.7 Å². The highest BCUT2D eigenvalue weighted by Crippen LogP contribution is 2.32. The number of carboxylic acid groups (broad SMARTS) is 1. The van der Waals surface area contributed by atoms with E-state index in [1.54, 1.807) is 33.8 Å². The Kier molecular flexibility index (Phi) is 5.38. The van der Waals surface area contributed by atoms with Gasteiger partial charge in [0.25, 0.3) is 0 Å². The summed E-state index contributed by atoms with van der Waals surface area (Å²) in [5.74, 6) is -1.14. The molecule has 1 aliphatic rings. The lowest BCUT2D eigenvalue weighted by atomic mass is 10.2. The van der Waals surface area contributed by atoms with Crippen LogP contribution in [-0.4, -0.2) is 51.3 Å². The molecule has 1 N–H and O–H groups in total. The molecule has 2 rings (SSSR count). The number of likely N-dealkylation sites (tertiary alicyclic amines) is 1. The number of hydrogen-bond donors (Lipinski definition) is 1. The second-order valence-electron chi connectivity index (χ2n) is 7.19. The van der Waals surface area contributed by atoms with Gasteiger partial charge in [-0.2, -0.15) is 0 Å². The van der Waals surface area contributed by atoms with Crippen LogP contribution in [0.2, 0.25) is 0 Å². The zero-order chi connectivity index (χ0) is 19.6. The fraction of sp³-hybridized carbons (Fsp3) is 0.529. The minimum atomic E-state index is -1.18. The van der Waals surface area contributed by atoms with Gasteiger partial charge in [0.1, 0.15) is 17.7 Å². The zero-order valence-corrected chi connectivity index (χ0v) is 15.1. The van der Waals surface area contributed by atoms with Gasteiger partial charge in [-0.05, 0) is 39.3 Å². The van der Waals surface area contributed by atoms with Crippen LogP contribution in [0.5, 0.6) is 5.75 Å². The number of nitro groups is 1. The molecule has 0 spiro atoms. The fourth-order valence-electron chi connectivity index (χ4n) is 2.69. The molecule has 1 aromatic rings. The van der Waals surface area contributed by atoms with E-state index in [0.29, 0.717) is 5.56 Å². The van der Waals surface area contributed by atoms with Crippen LogP contribution >= 0.6 is 0 Å². The summed E-state index contributed by atoms with van der Waals surface area (Å²) in [4.78, 5) is 35.5. The topological polar surface area (TPSA) is 119 Å². The normalized spacial score (nSPS) is 19.9. The first-order valence-electron chi connectivity index (χ1n) is 8.12. The van der Waals surface area contributed by atoms with Crippen LogP contribution in [-0.2, 0) is 9.53 Å². The number of nitrogens with zero attached hydrogens (tertiary/aromatic N) is 2. The molecule has 26 heavy (non-hydrogen) atoms. The molecule has 1 fully saturated rings. The van der Waals surface area contributed by atoms with Gasteiger partial charge in [0.2, 0.25) is 0 Å². The summed E-state index contributed by atoms with van der Waals surface area (Å²) in [6, 6.07) is 3.40. The Morgan fingerprint density at radius 1 is 1.35 bits per heavy atom. The molecule has 9 heteroatoms. The summed E-state index contributed by atoms with van der Waals surface area (Å²) in [7, 11) is 0. The minimum Gasteiger partial charge on any atom is -0.482 e. The number of rotatable bonds is 4. The summed E-state index contributed by atoms with van der Waals surface area (Å²) < 4.78 is 10.9. The number of carbonyl (C=O) groups excluding carboxylic acids is 1. The van der Waals surface area contributed by atoms with Crippen LogP contribution in [0, 0.1) is 17.0 Å². The smallest absolute Gasteiger partial charge is 0.411 e. The molecule has 9 nitrogen and oxygen atoms in total. The molecule has 0 radical (unpaired) electrons. The van der Waals surface area contributed by atoms with Gasteiger partial charge in [-0.3, -0.25) is 15.0 Å². The number of nitro benzene ring substituents is 1. The number of aryl methyl sites for hydroxylation is 1. The van der Waals surface area contributed by atoms with E-state index in [9.17, 15) is 24.8 Å². The molecule has 0 aromatic heterocycles. The molecular formula is C17H22N2O7. The Labute approximate surface area is 150 Å². The molecule has 142 valence electrons. The molecule has 0 bridgehead atoms. The summed E-state index contributed by atoms with van der Waals surface area (Å²) in [5, 5.41) is 20.6. The van der Waals surface area contributed by atoms with E-state index in [1.165, 1.54) is 12.1 Å². The molecule has 1 saturated heterocycles. The van der Waals surface area contributed by atoms with Crippen molar-refractivity contribution < 1.29 is 29.1 Å². The predicted molar refractivity (Wildman–Crippen MR) is 91.2 cm³/mol. The number of carbonyl (C=O) groups is 2. The maximum atomic E-state index is 12.3. The molecule has 1 heterocycles. The van der Waals surface area contributed by atoms with Crippen LogP contribution in [0.3, 0.4) is 0 Å². The van der Waals surface area contributed by atoms with E-state index in [-0.39, 0.29) is 24.4 Å². The SMILES string of the molecule is Cc1ccc(O[C@H]2C[C@@H](C(=O)O)N(C(=O)OC(C)(C)C)C2)c([N+](=O)[O-])c1. The third kappa shape index (κ3) is 4.62. The Morgan fingerprint density at radius 2 is 2.00 bits per heavy atom. The molecular weight excluding hydrogens is 344 g/mol. The fourth-order valence-corrected chi connectivity index (χ4v) is 2.69. The van der Waals surface area contributed by atoms with Gasteiger partial charge < -0.3 is 14.6 Å². The third-order valence-corrected chi connectivity index (χ3v) is 3.78. The van der Waals surface area contributed by atoms with Crippen LogP contribution in [0.4, 0.5) is 10.5 Å². The van der Waals surface area contributed by atoms with Crippen LogP contribution in [0.25, 0.3) is 0 Å². The highest BCUT2D eigenvalue weighted by molar-refractivity contribution is 5.81. The van der Waals surface area contributed by atoms with Crippen LogP contribution < -0.4 is 4.74 Å². The predicted octanol–water partition coefficient (Wildman–Crippen LogP) is 2.74. The van der Waals surface area contributed by atoms with Crippen LogP contribution in [0.15, 0.2) is 18.2 Å². The molecule has 1 aromatic carbocycles. The summed E-state index contributed by atoms with van der Waals surface area (Å²) in [6.07, 6.45) is -1.43. The maximum absolute atomic E-state index is 12.3. The monoisotopic (exact) mass is 366 g/mol. The molecule has 1 amide bonds. The summed E-state index contributed by atoms with van der Waals surface area (Å²) in [5.41, 5.74) is -0.267. The van der Waals surface area contributed by atoms with Gasteiger partial charge in [-0.1, -0.05) is 6.07 Å². The Hall–Kier alpha value is -2.84. The van der Waals surface area contributed by atoms with Gasteiger partial charge in [0, 0.05) is 12.5 Å². The van der Waals surface area contributed by atoms with E-state index in [2.05, 4.69) is 0 Å². The van der Waals surface area contributed by atoms with Gasteiger partial charge >= 0.3 is 17.7 Å². The lowest BCUT2D eigenvalue weighted by Gasteiger charge is -2.26. The minimum absolute atomic E-state index is 0.0135. The second kappa shape index (κ2) is 7.19. The van der Waals surface area contributed by atoms with Crippen molar-refractivity contribution in [3.8, 4) is 5.75 Å². The lowest BCUT2D eigenvalue weighted by Crippen LogP contribution is -2.43. The van der Waals surface area contributed by atoms with Crippen LogP contribution in [0.1, 0.15) is 32.8 Å². The van der Waals surface area contributed by atoms with E-state index in [1.807, 2.05) is 0 Å². The Morgan fingerprint density at radius 3 is 2.54 bits per heavy atom. The number of aliphatic carboxylic acids is 1. The number of hydrogen-bond acceptors (Lipinski definition) is 6. The van der Waals surface area contributed by atoms with Crippen molar-refractivity contribution in [2.75, 3.05) is 6.54 Å². The van der Waals surface area contributed by atoms with Crippen molar-refractivity contribution in [3.63, 3.8) is 0 Å². The van der Waals surface area contributed by atoms with E-state index < -0.39 is 34.7 Å². The first-order valence-corrected chi connectivity index (χ1v) is 8.12. The van der Waals surface area contributed by atoms with E-state index in [4.69, 9.17) is 9.47 Å². The van der Waals surface area contributed by atoms with Gasteiger partial charge in [-0.25, -0.2) is 9.59 Å². The average molecular weight is 366 g/mol. The van der Waals surface area contributed by atoms with Crippen molar-refractivity contribution in [3.05, 3.63) is 33.9 Å². The molecule has 0 unspecified atom stereocenters. The highest BCUT2D eigenvalue weighted by atomic mass is 16.6. The van der Waals surface area contributed by atoms with Gasteiger partial charge in [0.15, 0.2) is 5.75 Å².